The fraction of sp³-hybridized carbons (Fsp3) is 0. The van der Waals surface area contributed by atoms with Crippen molar-refractivity contribution >= 4 is 56.5 Å². The van der Waals surface area contributed by atoms with Crippen molar-refractivity contribution in [3.63, 3.8) is 0 Å². The second-order valence-corrected chi connectivity index (χ2v) is 3.78. The molecule has 0 atom stereocenters. The summed E-state index contributed by atoms with van der Waals surface area (Å²) >= 11 is 9.33. The molecule has 0 aliphatic rings. The molecule has 2 aromatic rings. The number of hydrogen-bond acceptors (Lipinski definition) is 1. The summed E-state index contributed by atoms with van der Waals surface area (Å²) in [5.74, 6) is 0. The highest BCUT2D eigenvalue weighted by atomic mass is 79.9. The van der Waals surface area contributed by atoms with E-state index in [1.807, 2.05) is 12.1 Å². The Balaban J connectivity index is 0.000000845. The lowest BCUT2D eigenvalue weighted by Crippen LogP contribution is -1.85. The number of hydrogen-bond donors (Lipinski definition) is 2. The molecule has 0 saturated carbocycles. The maximum Gasteiger partial charge on any atom is 0.0714 e. The van der Waals surface area contributed by atoms with Crippen LogP contribution in [0.3, 0.4) is 0 Å². The molecule has 0 aliphatic heterocycles. The molecule has 0 spiro atoms. The van der Waals surface area contributed by atoms with E-state index in [0.29, 0.717) is 10.7 Å². The van der Waals surface area contributed by atoms with Crippen molar-refractivity contribution in [2.45, 2.75) is 0 Å². The smallest absolute Gasteiger partial charge is 0.0714 e. The average Bonchev–Trinajstić information content (AvgIpc) is 2.42. The highest BCUT2D eigenvalue weighted by molar-refractivity contribution is 9.10. The number of nitrogens with two attached hydrogens (primary N) is 1. The number of H-pyrrole nitrogens is 1. The molecular weight excluding hydrogens is 275 g/mol. The fourth-order valence-electron chi connectivity index (χ4n) is 1.19. The van der Waals surface area contributed by atoms with Crippen LogP contribution in [0.15, 0.2) is 22.8 Å². The first-order valence-corrected chi connectivity index (χ1v) is 4.58. The molecule has 1 aromatic carbocycles. The van der Waals surface area contributed by atoms with Gasteiger partial charge in [0.05, 0.1) is 16.2 Å². The van der Waals surface area contributed by atoms with Gasteiger partial charge in [-0.2, -0.15) is 0 Å². The van der Waals surface area contributed by atoms with Crippen molar-refractivity contribution in [1.82, 2.24) is 4.98 Å². The molecular formula is C8H7BrCl2N2. The van der Waals surface area contributed by atoms with E-state index < -0.39 is 0 Å². The average molecular weight is 282 g/mol. The van der Waals surface area contributed by atoms with Crippen LogP contribution in [0.2, 0.25) is 5.02 Å². The molecule has 0 unspecified atom stereocenters. The third-order valence-corrected chi connectivity index (χ3v) is 2.73. The van der Waals surface area contributed by atoms with Crippen molar-refractivity contribution in [3.05, 3.63) is 27.8 Å². The zero-order valence-electron chi connectivity index (χ0n) is 6.47. The van der Waals surface area contributed by atoms with E-state index >= 15 is 0 Å². The summed E-state index contributed by atoms with van der Waals surface area (Å²) in [6.07, 6.45) is 1.73. The lowest BCUT2D eigenvalue weighted by molar-refractivity contribution is 1.48. The van der Waals surface area contributed by atoms with Crippen molar-refractivity contribution < 1.29 is 0 Å². The predicted octanol–water partition coefficient (Wildman–Crippen LogP) is 3.59. The van der Waals surface area contributed by atoms with Crippen LogP contribution in [0.5, 0.6) is 0 Å². The van der Waals surface area contributed by atoms with Crippen LogP contribution in [0.4, 0.5) is 5.69 Å². The van der Waals surface area contributed by atoms with Gasteiger partial charge in [-0.1, -0.05) is 27.5 Å². The lowest BCUT2D eigenvalue weighted by atomic mass is 10.2. The van der Waals surface area contributed by atoms with E-state index in [1.54, 1.807) is 6.20 Å². The van der Waals surface area contributed by atoms with Crippen LogP contribution in [-0.2, 0) is 0 Å². The number of fused-ring (bicyclic) bond motifs is 1. The normalized spacial score (nSPS) is 10.0. The Morgan fingerprint density at radius 1 is 1.38 bits per heavy atom. The Bertz CT molecular complexity index is 439. The Hall–Kier alpha value is -0.380. The number of nitrogens with one attached hydrogen (secondary N) is 1. The van der Waals surface area contributed by atoms with Gasteiger partial charge in [-0.25, -0.2) is 0 Å². The summed E-state index contributed by atoms with van der Waals surface area (Å²) in [7, 11) is 0. The van der Waals surface area contributed by atoms with Crippen molar-refractivity contribution in [2.75, 3.05) is 5.73 Å². The Labute approximate surface area is 95.0 Å². The Morgan fingerprint density at radius 3 is 2.69 bits per heavy atom. The Kier molecular flexibility index (Phi) is 3.11. The molecule has 70 valence electrons. The fourth-order valence-corrected chi connectivity index (χ4v) is 2.10. The number of halogens is 3. The van der Waals surface area contributed by atoms with Gasteiger partial charge < -0.3 is 10.7 Å². The molecule has 2 nitrogen and oxygen atoms in total. The van der Waals surface area contributed by atoms with E-state index in [4.69, 9.17) is 17.3 Å². The largest absolute Gasteiger partial charge is 0.397 e. The Morgan fingerprint density at radius 2 is 2.08 bits per heavy atom. The number of nitrogen functional groups attached to an aromatic ring is 1. The number of aromatic nitrogens is 1. The molecule has 13 heavy (non-hydrogen) atoms. The third-order valence-electron chi connectivity index (χ3n) is 1.77. The minimum atomic E-state index is 0. The molecule has 0 bridgehead atoms. The molecule has 0 radical (unpaired) electrons. The summed E-state index contributed by atoms with van der Waals surface area (Å²) in [6.45, 7) is 0. The molecule has 3 N–H and O–H groups in total. The first kappa shape index (κ1) is 10.7. The zero-order valence-corrected chi connectivity index (χ0v) is 9.63. The van der Waals surface area contributed by atoms with Crippen molar-refractivity contribution in [3.8, 4) is 0 Å². The van der Waals surface area contributed by atoms with E-state index in [0.717, 1.165) is 15.4 Å². The maximum atomic E-state index is 5.93. The van der Waals surface area contributed by atoms with Gasteiger partial charge >= 0.3 is 0 Å². The summed E-state index contributed by atoms with van der Waals surface area (Å²) in [5, 5.41) is 1.63. The van der Waals surface area contributed by atoms with Crippen LogP contribution >= 0.6 is 39.9 Å². The quantitative estimate of drug-likeness (QED) is 0.712. The zero-order chi connectivity index (χ0) is 8.72. The molecule has 0 fully saturated rings. The molecule has 0 amide bonds. The second-order valence-electron chi connectivity index (χ2n) is 2.52. The maximum absolute atomic E-state index is 5.93. The number of benzene rings is 1. The van der Waals surface area contributed by atoms with Gasteiger partial charge in [0.2, 0.25) is 0 Å². The highest BCUT2D eigenvalue weighted by Crippen LogP contribution is 2.33. The number of rotatable bonds is 0. The number of anilines is 1. The van der Waals surface area contributed by atoms with Gasteiger partial charge in [-0.15, -0.1) is 12.4 Å². The molecule has 2 rings (SSSR count). The molecule has 5 heteroatoms. The van der Waals surface area contributed by atoms with Crippen LogP contribution in [-0.4, -0.2) is 4.98 Å². The standard InChI is InChI=1S/C8H6BrClN2.ClH/c9-4-1-2-6(11)8-7(4)5(10)3-12-8;/h1-3,12H,11H2;1H. The molecule has 0 aliphatic carbocycles. The lowest BCUT2D eigenvalue weighted by Gasteiger charge is -1.98. The third kappa shape index (κ3) is 1.64. The monoisotopic (exact) mass is 280 g/mol. The van der Waals surface area contributed by atoms with Gasteiger partial charge in [-0.05, 0) is 12.1 Å². The minimum Gasteiger partial charge on any atom is -0.397 e. The molecule has 0 saturated heterocycles. The SMILES string of the molecule is Cl.Nc1ccc(Br)c2c(Cl)c[nH]c12. The number of aromatic amines is 1. The predicted molar refractivity (Wildman–Crippen MR) is 62.7 cm³/mol. The van der Waals surface area contributed by atoms with Crippen LogP contribution in [0.25, 0.3) is 10.9 Å². The van der Waals surface area contributed by atoms with Crippen LogP contribution < -0.4 is 5.73 Å². The van der Waals surface area contributed by atoms with Crippen molar-refractivity contribution in [1.29, 1.82) is 0 Å². The minimum absolute atomic E-state index is 0. The van der Waals surface area contributed by atoms with Gasteiger partial charge in [0.15, 0.2) is 0 Å². The topological polar surface area (TPSA) is 41.8 Å². The van der Waals surface area contributed by atoms with E-state index in [2.05, 4.69) is 20.9 Å². The molecule has 1 heterocycles. The highest BCUT2D eigenvalue weighted by Gasteiger charge is 2.06. The van der Waals surface area contributed by atoms with Crippen LogP contribution in [0.1, 0.15) is 0 Å². The van der Waals surface area contributed by atoms with Gasteiger partial charge in [0, 0.05) is 16.1 Å². The first-order chi connectivity index (χ1) is 5.70. The summed E-state index contributed by atoms with van der Waals surface area (Å²) in [4.78, 5) is 3.01. The van der Waals surface area contributed by atoms with E-state index in [-0.39, 0.29) is 12.4 Å². The van der Waals surface area contributed by atoms with Gasteiger partial charge in [0.1, 0.15) is 0 Å². The first-order valence-electron chi connectivity index (χ1n) is 3.40. The molecule has 1 aromatic heterocycles. The van der Waals surface area contributed by atoms with Crippen molar-refractivity contribution in [2.24, 2.45) is 0 Å². The second kappa shape index (κ2) is 3.78. The van der Waals surface area contributed by atoms with E-state index in [9.17, 15) is 0 Å². The van der Waals surface area contributed by atoms with E-state index in [1.165, 1.54) is 0 Å². The van der Waals surface area contributed by atoms with Gasteiger partial charge in [0.25, 0.3) is 0 Å². The van der Waals surface area contributed by atoms with Crippen LogP contribution in [0, 0.1) is 0 Å². The summed E-state index contributed by atoms with van der Waals surface area (Å²) in [6, 6.07) is 3.72. The van der Waals surface area contributed by atoms with Gasteiger partial charge in [-0.3, -0.25) is 0 Å². The summed E-state index contributed by atoms with van der Waals surface area (Å²) < 4.78 is 0.956. The summed E-state index contributed by atoms with van der Waals surface area (Å²) in [5.41, 5.74) is 7.32.